The fraction of sp³-hybridized carbons (Fsp3) is 0.727. The highest BCUT2D eigenvalue weighted by Crippen LogP contribution is 2.41. The van der Waals surface area contributed by atoms with Crippen molar-refractivity contribution in [1.82, 2.24) is 0 Å². The Kier molecular flexibility index (Phi) is 6.71. The maximum absolute atomic E-state index is 13.7. The van der Waals surface area contributed by atoms with Crippen LogP contribution in [0.1, 0.15) is 76.7 Å². The van der Waals surface area contributed by atoms with Crippen LogP contribution in [0, 0.1) is 23.6 Å². The first-order chi connectivity index (χ1) is 11.8. The molecule has 0 spiro atoms. The Morgan fingerprint density at radius 1 is 0.917 bits per heavy atom. The van der Waals surface area contributed by atoms with Crippen molar-refractivity contribution in [1.29, 1.82) is 0 Å². The van der Waals surface area contributed by atoms with Gasteiger partial charge in [-0.3, -0.25) is 0 Å². The van der Waals surface area contributed by atoms with Crippen LogP contribution in [-0.2, 0) is 11.3 Å². The fourth-order valence-electron chi connectivity index (χ4n) is 4.91. The Morgan fingerprint density at radius 3 is 2.17 bits per heavy atom. The molecule has 0 aliphatic heterocycles. The Bertz CT molecular complexity index is 484. The van der Waals surface area contributed by atoms with Crippen LogP contribution in [0.25, 0.3) is 0 Å². The van der Waals surface area contributed by atoms with Gasteiger partial charge in [0.25, 0.3) is 0 Å². The predicted octanol–water partition coefficient (Wildman–Crippen LogP) is 6.51. The van der Waals surface area contributed by atoms with Crippen LogP contribution in [0.5, 0.6) is 0 Å². The van der Waals surface area contributed by atoms with Gasteiger partial charge in [-0.2, -0.15) is 0 Å². The molecule has 0 amide bonds. The molecule has 2 aliphatic carbocycles. The van der Waals surface area contributed by atoms with Crippen molar-refractivity contribution in [3.05, 3.63) is 35.6 Å². The van der Waals surface area contributed by atoms with E-state index in [4.69, 9.17) is 4.74 Å². The van der Waals surface area contributed by atoms with Crippen LogP contribution in [0.4, 0.5) is 4.39 Å². The molecule has 1 aromatic carbocycles. The minimum absolute atomic E-state index is 0.143. The molecule has 2 heteroatoms. The second kappa shape index (κ2) is 8.99. The molecule has 3 rings (SSSR count). The molecule has 1 nitrogen and oxygen atoms in total. The number of hydrogen-bond donors (Lipinski definition) is 0. The van der Waals surface area contributed by atoms with E-state index in [1.807, 2.05) is 12.1 Å². The summed E-state index contributed by atoms with van der Waals surface area (Å²) >= 11 is 0. The summed E-state index contributed by atoms with van der Waals surface area (Å²) in [5, 5.41) is 0. The van der Waals surface area contributed by atoms with Gasteiger partial charge in [-0.1, -0.05) is 50.8 Å². The van der Waals surface area contributed by atoms with Crippen molar-refractivity contribution in [2.75, 3.05) is 0 Å². The van der Waals surface area contributed by atoms with Crippen molar-refractivity contribution >= 4 is 0 Å². The van der Waals surface area contributed by atoms with E-state index in [0.717, 1.165) is 30.6 Å². The van der Waals surface area contributed by atoms with Crippen LogP contribution in [-0.4, -0.2) is 6.10 Å². The van der Waals surface area contributed by atoms with E-state index in [0.29, 0.717) is 18.3 Å². The number of benzene rings is 1. The molecule has 0 bridgehead atoms. The van der Waals surface area contributed by atoms with Gasteiger partial charge in [-0.25, -0.2) is 4.39 Å². The molecule has 2 fully saturated rings. The van der Waals surface area contributed by atoms with Gasteiger partial charge in [0.05, 0.1) is 12.7 Å². The van der Waals surface area contributed by atoms with E-state index < -0.39 is 0 Å². The van der Waals surface area contributed by atoms with Crippen LogP contribution in [0.3, 0.4) is 0 Å². The van der Waals surface area contributed by atoms with Crippen LogP contribution >= 0.6 is 0 Å². The lowest BCUT2D eigenvalue weighted by Gasteiger charge is -2.37. The van der Waals surface area contributed by atoms with Crippen molar-refractivity contribution < 1.29 is 9.13 Å². The second-order valence-electron chi connectivity index (χ2n) is 8.01. The van der Waals surface area contributed by atoms with E-state index in [-0.39, 0.29) is 5.82 Å². The maximum atomic E-state index is 13.7. The number of halogens is 1. The standard InChI is InChI=1S/C22H33FO/c1-2-5-17-8-10-18(11-9-17)19-12-14-21(15-13-19)24-16-20-6-3-4-7-22(20)23/h3-4,6-7,17-19,21H,2,5,8-16H2,1H3. The molecule has 0 saturated heterocycles. The Balaban J connectivity index is 1.38. The highest BCUT2D eigenvalue weighted by atomic mass is 19.1. The van der Waals surface area contributed by atoms with Gasteiger partial charge in [0, 0.05) is 5.56 Å². The molecule has 134 valence electrons. The number of hydrogen-bond acceptors (Lipinski definition) is 1. The van der Waals surface area contributed by atoms with Crippen molar-refractivity contribution in [2.45, 2.75) is 83.8 Å². The van der Waals surface area contributed by atoms with Crippen LogP contribution in [0.2, 0.25) is 0 Å². The molecule has 1 aromatic rings. The van der Waals surface area contributed by atoms with E-state index in [1.54, 1.807) is 6.07 Å². The Morgan fingerprint density at radius 2 is 1.54 bits per heavy atom. The molecule has 0 atom stereocenters. The van der Waals surface area contributed by atoms with Gasteiger partial charge in [0.1, 0.15) is 5.82 Å². The summed E-state index contributed by atoms with van der Waals surface area (Å²) in [6, 6.07) is 6.97. The fourth-order valence-corrected chi connectivity index (χ4v) is 4.91. The van der Waals surface area contributed by atoms with Gasteiger partial charge in [0.2, 0.25) is 0 Å². The normalized spacial score (nSPS) is 31.1. The van der Waals surface area contributed by atoms with Gasteiger partial charge in [-0.05, 0) is 62.3 Å². The van der Waals surface area contributed by atoms with Gasteiger partial charge in [0.15, 0.2) is 0 Å². The zero-order valence-corrected chi connectivity index (χ0v) is 15.2. The van der Waals surface area contributed by atoms with Crippen molar-refractivity contribution in [3.63, 3.8) is 0 Å². The molecule has 2 aliphatic rings. The number of rotatable bonds is 6. The van der Waals surface area contributed by atoms with Gasteiger partial charge < -0.3 is 4.74 Å². The highest BCUT2D eigenvalue weighted by molar-refractivity contribution is 5.16. The highest BCUT2D eigenvalue weighted by Gasteiger charge is 2.30. The van der Waals surface area contributed by atoms with E-state index in [2.05, 4.69) is 6.92 Å². The Hall–Kier alpha value is -0.890. The van der Waals surface area contributed by atoms with E-state index in [1.165, 1.54) is 57.4 Å². The smallest absolute Gasteiger partial charge is 0.128 e. The number of ether oxygens (including phenoxy) is 1. The molecule has 2 saturated carbocycles. The zero-order valence-electron chi connectivity index (χ0n) is 15.2. The first-order valence-corrected chi connectivity index (χ1v) is 10.1. The third kappa shape index (κ3) is 4.81. The molecular weight excluding hydrogens is 299 g/mol. The topological polar surface area (TPSA) is 9.23 Å². The molecule has 0 unspecified atom stereocenters. The average molecular weight is 333 g/mol. The van der Waals surface area contributed by atoms with Crippen LogP contribution in [0.15, 0.2) is 24.3 Å². The third-order valence-electron chi connectivity index (χ3n) is 6.41. The lowest BCUT2D eigenvalue weighted by atomic mass is 9.70. The summed E-state index contributed by atoms with van der Waals surface area (Å²) in [6.07, 6.45) is 13.9. The molecule has 24 heavy (non-hydrogen) atoms. The third-order valence-corrected chi connectivity index (χ3v) is 6.41. The lowest BCUT2D eigenvalue weighted by molar-refractivity contribution is -0.00384. The van der Waals surface area contributed by atoms with Gasteiger partial charge >= 0.3 is 0 Å². The molecular formula is C22H33FO. The summed E-state index contributed by atoms with van der Waals surface area (Å²) in [5.74, 6) is 2.74. The average Bonchev–Trinajstić information content (AvgIpc) is 2.63. The maximum Gasteiger partial charge on any atom is 0.128 e. The van der Waals surface area contributed by atoms with Crippen molar-refractivity contribution in [3.8, 4) is 0 Å². The van der Waals surface area contributed by atoms with Crippen molar-refractivity contribution in [2.24, 2.45) is 17.8 Å². The molecule has 0 heterocycles. The molecule has 0 N–H and O–H groups in total. The second-order valence-corrected chi connectivity index (χ2v) is 8.01. The summed E-state index contributed by atoms with van der Waals surface area (Å²) in [7, 11) is 0. The van der Waals surface area contributed by atoms with E-state index in [9.17, 15) is 4.39 Å². The minimum Gasteiger partial charge on any atom is -0.373 e. The monoisotopic (exact) mass is 332 g/mol. The summed E-state index contributed by atoms with van der Waals surface area (Å²) in [5.41, 5.74) is 0.689. The lowest BCUT2D eigenvalue weighted by Crippen LogP contribution is -2.28. The zero-order chi connectivity index (χ0) is 16.8. The molecule has 0 radical (unpaired) electrons. The predicted molar refractivity (Wildman–Crippen MR) is 97.3 cm³/mol. The SMILES string of the molecule is CCCC1CCC(C2CCC(OCc3ccccc3F)CC2)CC1. The summed E-state index contributed by atoms with van der Waals surface area (Å²) in [4.78, 5) is 0. The molecule has 0 aromatic heterocycles. The minimum atomic E-state index is -0.143. The quantitative estimate of drug-likeness (QED) is 0.577. The largest absolute Gasteiger partial charge is 0.373 e. The first kappa shape index (κ1) is 17.9. The Labute approximate surface area is 147 Å². The van der Waals surface area contributed by atoms with Gasteiger partial charge in [-0.15, -0.1) is 0 Å². The first-order valence-electron chi connectivity index (χ1n) is 10.1. The summed E-state index contributed by atoms with van der Waals surface area (Å²) < 4.78 is 19.6. The summed E-state index contributed by atoms with van der Waals surface area (Å²) in [6.45, 7) is 2.73. The van der Waals surface area contributed by atoms with E-state index >= 15 is 0 Å². The van der Waals surface area contributed by atoms with Crippen LogP contribution < -0.4 is 0 Å².